The number of aromatic nitrogens is 2. The van der Waals surface area contributed by atoms with Gasteiger partial charge in [-0.2, -0.15) is 0 Å². The number of carbonyl (C=O) groups excluding carboxylic acids is 2. The molecule has 0 aliphatic rings. The van der Waals surface area contributed by atoms with Crippen LogP contribution in [0.3, 0.4) is 0 Å². The van der Waals surface area contributed by atoms with Gasteiger partial charge >= 0.3 is 0 Å². The number of rotatable bonds is 6. The van der Waals surface area contributed by atoms with Crippen molar-refractivity contribution in [1.82, 2.24) is 15.6 Å². The van der Waals surface area contributed by atoms with E-state index in [0.29, 0.717) is 22.6 Å². The molecular formula is C21H22N4O3. The van der Waals surface area contributed by atoms with E-state index in [-0.39, 0.29) is 24.8 Å². The lowest BCUT2D eigenvalue weighted by molar-refractivity contribution is -0.115. The molecule has 2 N–H and O–H groups in total. The van der Waals surface area contributed by atoms with Crippen LogP contribution in [0.4, 0.5) is 5.69 Å². The Hall–Kier alpha value is -3.48. The second-order valence-corrected chi connectivity index (χ2v) is 6.72. The molecule has 3 aromatic rings. The molecule has 28 heavy (non-hydrogen) atoms. The summed E-state index contributed by atoms with van der Waals surface area (Å²) in [4.78, 5) is 24.8. The summed E-state index contributed by atoms with van der Waals surface area (Å²) < 4.78 is 4.62. The molecule has 0 saturated heterocycles. The first kappa shape index (κ1) is 19.3. The number of nitrogens with zero attached hydrogens (tertiary/aromatic N) is 2. The Labute approximate surface area is 163 Å². The van der Waals surface area contributed by atoms with Gasteiger partial charge in [-0.1, -0.05) is 46.2 Å². The van der Waals surface area contributed by atoms with Gasteiger partial charge in [0.25, 0.3) is 5.91 Å². The molecule has 2 aromatic carbocycles. The summed E-state index contributed by atoms with van der Waals surface area (Å²) in [6, 6.07) is 13.0. The second-order valence-electron chi connectivity index (χ2n) is 6.72. The molecule has 0 bridgehead atoms. The minimum absolute atomic E-state index is 0.129. The Morgan fingerprint density at radius 1 is 1.04 bits per heavy atom. The van der Waals surface area contributed by atoms with Gasteiger partial charge in [-0.15, -0.1) is 0 Å². The van der Waals surface area contributed by atoms with E-state index in [0.717, 1.165) is 16.7 Å². The molecule has 3 rings (SSSR count). The third-order valence-corrected chi connectivity index (χ3v) is 4.38. The van der Waals surface area contributed by atoms with Crippen molar-refractivity contribution in [1.29, 1.82) is 0 Å². The van der Waals surface area contributed by atoms with Crippen molar-refractivity contribution in [2.45, 2.75) is 33.7 Å². The lowest BCUT2D eigenvalue weighted by Crippen LogP contribution is -2.24. The van der Waals surface area contributed by atoms with E-state index in [1.165, 1.54) is 0 Å². The fourth-order valence-corrected chi connectivity index (χ4v) is 2.78. The van der Waals surface area contributed by atoms with E-state index >= 15 is 0 Å². The number of anilines is 1. The summed E-state index contributed by atoms with van der Waals surface area (Å²) in [6.07, 6.45) is 0.274. The third-order valence-electron chi connectivity index (χ3n) is 4.38. The normalized spacial score (nSPS) is 10.5. The molecule has 144 valence electrons. The third kappa shape index (κ3) is 4.82. The van der Waals surface area contributed by atoms with E-state index < -0.39 is 0 Å². The Balaban J connectivity index is 1.66. The van der Waals surface area contributed by atoms with E-state index in [4.69, 9.17) is 0 Å². The van der Waals surface area contributed by atoms with E-state index in [1.54, 1.807) is 25.1 Å². The molecule has 1 aromatic heterocycles. The van der Waals surface area contributed by atoms with Gasteiger partial charge in [0.15, 0.2) is 0 Å². The first-order valence-electron chi connectivity index (χ1n) is 8.94. The molecule has 0 aliphatic heterocycles. The Morgan fingerprint density at radius 2 is 1.86 bits per heavy atom. The SMILES string of the molecule is Cc1cccc(CC(=O)Nc2cc(C(=O)NCc3nonc3C)ccc2C)c1. The van der Waals surface area contributed by atoms with Crippen molar-refractivity contribution in [2.24, 2.45) is 0 Å². The minimum Gasteiger partial charge on any atom is -0.346 e. The quantitative estimate of drug-likeness (QED) is 0.687. The fraction of sp³-hybridized carbons (Fsp3) is 0.238. The number of benzene rings is 2. The van der Waals surface area contributed by atoms with Crippen molar-refractivity contribution in [3.63, 3.8) is 0 Å². The van der Waals surface area contributed by atoms with E-state index in [9.17, 15) is 9.59 Å². The summed E-state index contributed by atoms with van der Waals surface area (Å²) >= 11 is 0. The summed E-state index contributed by atoms with van der Waals surface area (Å²) in [5.74, 6) is -0.396. The lowest BCUT2D eigenvalue weighted by atomic mass is 10.1. The molecule has 0 radical (unpaired) electrons. The van der Waals surface area contributed by atoms with Crippen LogP contribution in [0.2, 0.25) is 0 Å². The summed E-state index contributed by atoms with van der Waals surface area (Å²) in [5, 5.41) is 13.1. The van der Waals surface area contributed by atoms with Crippen LogP contribution in [0.1, 0.15) is 38.4 Å². The largest absolute Gasteiger partial charge is 0.346 e. The van der Waals surface area contributed by atoms with Crippen LogP contribution in [0.25, 0.3) is 0 Å². The van der Waals surface area contributed by atoms with Crippen LogP contribution in [0.15, 0.2) is 47.1 Å². The standard InChI is InChI=1S/C21H22N4O3/c1-13-5-4-6-16(9-13)10-20(26)23-18-11-17(8-7-14(18)2)21(27)22-12-19-15(3)24-28-25-19/h4-9,11H,10,12H2,1-3H3,(H,22,27)(H,23,26). The van der Waals surface area contributed by atoms with Gasteiger partial charge in [0.05, 0.1) is 13.0 Å². The van der Waals surface area contributed by atoms with Gasteiger partial charge in [0, 0.05) is 11.3 Å². The molecule has 0 fully saturated rings. The maximum Gasteiger partial charge on any atom is 0.251 e. The first-order valence-corrected chi connectivity index (χ1v) is 8.94. The molecule has 7 heteroatoms. The predicted octanol–water partition coefficient (Wildman–Crippen LogP) is 3.11. The van der Waals surface area contributed by atoms with Crippen LogP contribution < -0.4 is 10.6 Å². The monoisotopic (exact) mass is 378 g/mol. The summed E-state index contributed by atoms with van der Waals surface area (Å²) in [6.45, 7) is 5.85. The predicted molar refractivity (Wildman–Crippen MR) is 105 cm³/mol. The Morgan fingerprint density at radius 3 is 2.57 bits per heavy atom. The van der Waals surface area contributed by atoms with Gasteiger partial charge in [-0.05, 0) is 44.0 Å². The highest BCUT2D eigenvalue weighted by Gasteiger charge is 2.12. The average Bonchev–Trinajstić information content (AvgIpc) is 3.06. The van der Waals surface area contributed by atoms with Gasteiger partial charge < -0.3 is 10.6 Å². The zero-order valence-corrected chi connectivity index (χ0v) is 16.1. The maximum atomic E-state index is 12.4. The highest BCUT2D eigenvalue weighted by Crippen LogP contribution is 2.18. The van der Waals surface area contributed by atoms with Gasteiger partial charge in [0.1, 0.15) is 11.4 Å². The van der Waals surface area contributed by atoms with Crippen molar-refractivity contribution in [2.75, 3.05) is 5.32 Å². The minimum atomic E-state index is -0.267. The van der Waals surface area contributed by atoms with Crippen LogP contribution in [-0.2, 0) is 17.8 Å². The van der Waals surface area contributed by atoms with Gasteiger partial charge in [0.2, 0.25) is 5.91 Å². The topological polar surface area (TPSA) is 97.1 Å². The highest BCUT2D eigenvalue weighted by molar-refractivity contribution is 5.98. The van der Waals surface area contributed by atoms with Crippen LogP contribution >= 0.6 is 0 Å². The zero-order valence-electron chi connectivity index (χ0n) is 16.1. The van der Waals surface area contributed by atoms with Gasteiger partial charge in [-0.25, -0.2) is 4.63 Å². The van der Waals surface area contributed by atoms with E-state index in [2.05, 4.69) is 25.6 Å². The highest BCUT2D eigenvalue weighted by atomic mass is 16.6. The van der Waals surface area contributed by atoms with Gasteiger partial charge in [-0.3, -0.25) is 9.59 Å². The molecule has 2 amide bonds. The molecular weight excluding hydrogens is 356 g/mol. The Bertz CT molecular complexity index is 1010. The molecule has 0 saturated carbocycles. The first-order chi connectivity index (χ1) is 13.4. The van der Waals surface area contributed by atoms with Crippen LogP contribution in [-0.4, -0.2) is 22.1 Å². The smallest absolute Gasteiger partial charge is 0.251 e. The molecule has 0 aliphatic carbocycles. The molecule has 7 nitrogen and oxygen atoms in total. The number of carbonyl (C=O) groups is 2. The van der Waals surface area contributed by atoms with Crippen molar-refractivity contribution in [3.8, 4) is 0 Å². The van der Waals surface area contributed by atoms with Crippen molar-refractivity contribution in [3.05, 3.63) is 76.1 Å². The van der Waals surface area contributed by atoms with Crippen molar-refractivity contribution >= 4 is 17.5 Å². The lowest BCUT2D eigenvalue weighted by Gasteiger charge is -2.11. The number of amides is 2. The molecule has 0 unspecified atom stereocenters. The number of aryl methyl sites for hydroxylation is 3. The zero-order chi connectivity index (χ0) is 20.1. The second kappa shape index (κ2) is 8.47. The number of hydrogen-bond acceptors (Lipinski definition) is 5. The maximum absolute atomic E-state index is 12.4. The summed E-state index contributed by atoms with van der Waals surface area (Å²) in [7, 11) is 0. The molecule has 0 atom stereocenters. The van der Waals surface area contributed by atoms with Crippen LogP contribution in [0, 0.1) is 20.8 Å². The molecule has 0 spiro atoms. The Kier molecular flexibility index (Phi) is 5.84. The average molecular weight is 378 g/mol. The number of hydrogen-bond donors (Lipinski definition) is 2. The molecule has 1 heterocycles. The van der Waals surface area contributed by atoms with E-state index in [1.807, 2.05) is 38.1 Å². The van der Waals surface area contributed by atoms with Crippen molar-refractivity contribution < 1.29 is 14.2 Å². The fourth-order valence-electron chi connectivity index (χ4n) is 2.78. The van der Waals surface area contributed by atoms with Crippen LogP contribution in [0.5, 0.6) is 0 Å². The summed E-state index contributed by atoms with van der Waals surface area (Å²) in [5.41, 5.74) is 5.21. The number of nitrogens with one attached hydrogen (secondary N) is 2.